The van der Waals surface area contributed by atoms with E-state index < -0.39 is 0 Å². The number of nitrogens with one attached hydrogen (secondary N) is 1. The van der Waals surface area contributed by atoms with E-state index >= 15 is 0 Å². The Kier molecular flexibility index (Phi) is 5.21. The Morgan fingerprint density at radius 1 is 1.28 bits per heavy atom. The zero-order chi connectivity index (χ0) is 17.8. The molecule has 2 aromatic carbocycles. The SMILES string of the molecule is Cc1cc(Cl)ccc1NC(=O)COc1ccc(-c2csc(N)n2)cc1. The predicted octanol–water partition coefficient (Wildman–Crippen LogP) is 4.37. The van der Waals surface area contributed by atoms with Crippen LogP contribution in [0.4, 0.5) is 10.8 Å². The number of rotatable bonds is 5. The van der Waals surface area contributed by atoms with Crippen LogP contribution in [0.3, 0.4) is 0 Å². The lowest BCUT2D eigenvalue weighted by molar-refractivity contribution is -0.118. The maximum atomic E-state index is 12.0. The number of aryl methyl sites for hydroxylation is 1. The molecular weight excluding hydrogens is 358 g/mol. The number of halogens is 1. The molecule has 3 rings (SSSR count). The lowest BCUT2D eigenvalue weighted by atomic mass is 10.2. The second-order valence-corrected chi connectivity index (χ2v) is 6.72. The number of nitrogens with zero attached hydrogens (tertiary/aromatic N) is 1. The van der Waals surface area contributed by atoms with Crippen molar-refractivity contribution in [2.75, 3.05) is 17.7 Å². The van der Waals surface area contributed by atoms with Gasteiger partial charge in [0.25, 0.3) is 5.91 Å². The molecule has 1 amide bonds. The summed E-state index contributed by atoms with van der Waals surface area (Å²) in [6.45, 7) is 1.80. The highest BCUT2D eigenvalue weighted by Crippen LogP contribution is 2.25. The second kappa shape index (κ2) is 7.55. The third kappa shape index (κ3) is 4.49. The highest BCUT2D eigenvalue weighted by Gasteiger charge is 2.07. The van der Waals surface area contributed by atoms with Gasteiger partial charge in [-0.15, -0.1) is 11.3 Å². The zero-order valence-corrected chi connectivity index (χ0v) is 15.0. The highest BCUT2D eigenvalue weighted by molar-refractivity contribution is 7.13. The average molecular weight is 374 g/mol. The van der Waals surface area contributed by atoms with Crippen LogP contribution in [-0.4, -0.2) is 17.5 Å². The van der Waals surface area contributed by atoms with E-state index in [4.69, 9.17) is 22.1 Å². The fraction of sp³-hybridized carbons (Fsp3) is 0.111. The van der Waals surface area contributed by atoms with Crippen LogP contribution in [0, 0.1) is 6.92 Å². The monoisotopic (exact) mass is 373 g/mol. The highest BCUT2D eigenvalue weighted by atomic mass is 35.5. The Hall–Kier alpha value is -2.57. The van der Waals surface area contributed by atoms with Crippen molar-refractivity contribution in [3.05, 3.63) is 58.4 Å². The number of hydrogen-bond acceptors (Lipinski definition) is 5. The fourth-order valence-electron chi connectivity index (χ4n) is 2.24. The summed E-state index contributed by atoms with van der Waals surface area (Å²) >= 11 is 7.30. The summed E-state index contributed by atoms with van der Waals surface area (Å²) in [7, 11) is 0. The van der Waals surface area contributed by atoms with E-state index in [2.05, 4.69) is 10.3 Å². The van der Waals surface area contributed by atoms with E-state index in [-0.39, 0.29) is 12.5 Å². The van der Waals surface area contributed by atoms with E-state index in [1.54, 1.807) is 30.3 Å². The molecule has 3 N–H and O–H groups in total. The smallest absolute Gasteiger partial charge is 0.262 e. The van der Waals surface area contributed by atoms with E-state index in [9.17, 15) is 4.79 Å². The molecule has 25 heavy (non-hydrogen) atoms. The third-order valence-corrected chi connectivity index (χ3v) is 4.41. The second-order valence-electron chi connectivity index (χ2n) is 5.39. The average Bonchev–Trinajstić information content (AvgIpc) is 3.02. The first-order valence-electron chi connectivity index (χ1n) is 7.51. The van der Waals surface area contributed by atoms with Gasteiger partial charge in [-0.1, -0.05) is 11.6 Å². The summed E-state index contributed by atoms with van der Waals surface area (Å²) in [4.78, 5) is 16.3. The first kappa shape index (κ1) is 17.3. The Labute approximate surface area is 154 Å². The van der Waals surface area contributed by atoms with E-state index in [0.29, 0.717) is 15.9 Å². The molecule has 0 aliphatic carbocycles. The van der Waals surface area contributed by atoms with Crippen LogP contribution in [-0.2, 0) is 4.79 Å². The van der Waals surface area contributed by atoms with Gasteiger partial charge in [0.05, 0.1) is 5.69 Å². The lowest BCUT2D eigenvalue weighted by Crippen LogP contribution is -2.20. The maximum absolute atomic E-state index is 12.0. The minimum Gasteiger partial charge on any atom is -0.484 e. The number of hydrogen-bond donors (Lipinski definition) is 2. The van der Waals surface area contributed by atoms with Crippen LogP contribution < -0.4 is 15.8 Å². The summed E-state index contributed by atoms with van der Waals surface area (Å²) in [6, 6.07) is 12.6. The number of aromatic nitrogens is 1. The van der Waals surface area contributed by atoms with Crippen LogP contribution in [0.2, 0.25) is 5.02 Å². The van der Waals surface area contributed by atoms with Gasteiger partial charge in [-0.2, -0.15) is 0 Å². The molecular formula is C18H16ClN3O2S. The summed E-state index contributed by atoms with van der Waals surface area (Å²) in [5.74, 6) is 0.372. The molecule has 0 bridgehead atoms. The van der Waals surface area contributed by atoms with E-state index in [1.807, 2.05) is 24.4 Å². The van der Waals surface area contributed by atoms with Crippen molar-refractivity contribution < 1.29 is 9.53 Å². The minimum atomic E-state index is -0.234. The number of anilines is 2. The molecule has 5 nitrogen and oxygen atoms in total. The number of thiazole rings is 1. The molecule has 7 heteroatoms. The van der Waals surface area contributed by atoms with Crippen LogP contribution in [0.25, 0.3) is 11.3 Å². The summed E-state index contributed by atoms with van der Waals surface area (Å²) in [5, 5.41) is 5.86. The van der Waals surface area contributed by atoms with Gasteiger partial charge in [0, 0.05) is 21.7 Å². The quantitative estimate of drug-likeness (QED) is 0.696. The standard InChI is InChI=1S/C18H16ClN3O2S/c1-11-8-13(19)4-7-15(11)21-17(23)9-24-14-5-2-12(3-6-14)16-10-25-18(20)22-16/h2-8,10H,9H2,1H3,(H2,20,22)(H,21,23). The Balaban J connectivity index is 1.57. The summed E-state index contributed by atoms with van der Waals surface area (Å²) in [6.07, 6.45) is 0. The van der Waals surface area contributed by atoms with Crippen molar-refractivity contribution in [1.82, 2.24) is 4.98 Å². The topological polar surface area (TPSA) is 77.2 Å². The van der Waals surface area contributed by atoms with Crippen LogP contribution >= 0.6 is 22.9 Å². The number of carbonyl (C=O) groups is 1. The predicted molar refractivity (Wildman–Crippen MR) is 102 cm³/mol. The van der Waals surface area contributed by atoms with Crippen molar-refractivity contribution in [2.45, 2.75) is 6.92 Å². The molecule has 0 saturated carbocycles. The fourth-order valence-corrected chi connectivity index (χ4v) is 3.04. The van der Waals surface area contributed by atoms with Crippen molar-refractivity contribution in [3.8, 4) is 17.0 Å². The number of ether oxygens (including phenoxy) is 1. The third-order valence-electron chi connectivity index (χ3n) is 3.50. The summed E-state index contributed by atoms with van der Waals surface area (Å²) < 4.78 is 5.52. The Morgan fingerprint density at radius 3 is 2.68 bits per heavy atom. The Bertz CT molecular complexity index is 894. The van der Waals surface area contributed by atoms with Gasteiger partial charge in [0.2, 0.25) is 0 Å². The summed E-state index contributed by atoms with van der Waals surface area (Å²) in [5.41, 5.74) is 9.02. The molecule has 0 saturated heterocycles. The maximum Gasteiger partial charge on any atom is 0.262 e. The molecule has 3 aromatic rings. The molecule has 0 fully saturated rings. The van der Waals surface area contributed by atoms with Gasteiger partial charge in [0.1, 0.15) is 5.75 Å². The molecule has 0 spiro atoms. The van der Waals surface area contributed by atoms with Gasteiger partial charge in [-0.3, -0.25) is 4.79 Å². The molecule has 0 radical (unpaired) electrons. The van der Waals surface area contributed by atoms with Crippen molar-refractivity contribution >= 4 is 39.7 Å². The van der Waals surface area contributed by atoms with Crippen molar-refractivity contribution in [3.63, 3.8) is 0 Å². The molecule has 1 aromatic heterocycles. The number of nitrogen functional groups attached to an aromatic ring is 1. The Morgan fingerprint density at radius 2 is 2.04 bits per heavy atom. The van der Waals surface area contributed by atoms with Gasteiger partial charge in [0.15, 0.2) is 11.7 Å². The zero-order valence-electron chi connectivity index (χ0n) is 13.5. The normalized spacial score (nSPS) is 10.5. The molecule has 128 valence electrons. The van der Waals surface area contributed by atoms with E-state index in [0.717, 1.165) is 22.5 Å². The first-order chi connectivity index (χ1) is 12.0. The van der Waals surface area contributed by atoms with E-state index in [1.165, 1.54) is 11.3 Å². The molecule has 1 heterocycles. The molecule has 0 atom stereocenters. The molecule has 0 aliphatic rings. The first-order valence-corrected chi connectivity index (χ1v) is 8.77. The number of nitrogens with two attached hydrogens (primary N) is 1. The van der Waals surface area contributed by atoms with Gasteiger partial charge in [-0.25, -0.2) is 4.98 Å². The van der Waals surface area contributed by atoms with Crippen LogP contribution in [0.5, 0.6) is 5.75 Å². The molecule has 0 aliphatic heterocycles. The van der Waals surface area contributed by atoms with Crippen LogP contribution in [0.1, 0.15) is 5.56 Å². The van der Waals surface area contributed by atoms with Crippen molar-refractivity contribution in [2.24, 2.45) is 0 Å². The largest absolute Gasteiger partial charge is 0.484 e. The van der Waals surface area contributed by atoms with Gasteiger partial charge >= 0.3 is 0 Å². The van der Waals surface area contributed by atoms with Gasteiger partial charge in [-0.05, 0) is 55.0 Å². The minimum absolute atomic E-state index is 0.0783. The van der Waals surface area contributed by atoms with Crippen LogP contribution in [0.15, 0.2) is 47.8 Å². The number of carbonyl (C=O) groups excluding carboxylic acids is 1. The van der Waals surface area contributed by atoms with Crippen molar-refractivity contribution in [1.29, 1.82) is 0 Å². The molecule has 0 unspecified atom stereocenters. The number of benzene rings is 2. The lowest BCUT2D eigenvalue weighted by Gasteiger charge is -2.10. The number of amides is 1. The van der Waals surface area contributed by atoms with Gasteiger partial charge < -0.3 is 15.8 Å².